The predicted octanol–water partition coefficient (Wildman–Crippen LogP) is 3.18. The van der Waals surface area contributed by atoms with Crippen molar-refractivity contribution in [2.75, 3.05) is 31.6 Å². The molecule has 1 fully saturated rings. The molecular formula is C15H20BrN3. The van der Waals surface area contributed by atoms with Crippen LogP contribution in [0, 0.1) is 18.3 Å². The minimum Gasteiger partial charge on any atom is -0.369 e. The second-order valence-corrected chi connectivity index (χ2v) is 6.12. The fourth-order valence-electron chi connectivity index (χ4n) is 2.64. The molecule has 3 nitrogen and oxygen atoms in total. The van der Waals surface area contributed by atoms with Crippen molar-refractivity contribution in [3.05, 3.63) is 28.2 Å². The molecule has 0 aromatic heterocycles. The van der Waals surface area contributed by atoms with Gasteiger partial charge in [0, 0.05) is 23.6 Å². The third-order valence-corrected chi connectivity index (χ3v) is 4.42. The molecule has 0 radical (unpaired) electrons. The number of nitrogens with zero attached hydrogens (tertiary/aromatic N) is 3. The van der Waals surface area contributed by atoms with Crippen molar-refractivity contribution in [1.82, 2.24) is 4.90 Å². The quantitative estimate of drug-likeness (QED) is 0.801. The first kappa shape index (κ1) is 14.4. The van der Waals surface area contributed by atoms with E-state index in [1.807, 2.05) is 7.05 Å². The Morgan fingerprint density at radius 1 is 1.53 bits per heavy atom. The van der Waals surface area contributed by atoms with Crippen LogP contribution >= 0.6 is 15.9 Å². The zero-order chi connectivity index (χ0) is 13.8. The van der Waals surface area contributed by atoms with Crippen molar-refractivity contribution >= 4 is 21.6 Å². The molecular weight excluding hydrogens is 302 g/mol. The molecule has 1 aliphatic rings. The number of benzene rings is 1. The SMILES string of the molecule is Cc1ccc(N2CCCC(N(C)CC#N)C2)c(Br)c1. The van der Waals surface area contributed by atoms with Crippen LogP contribution in [0.25, 0.3) is 0 Å². The number of halogens is 1. The third-order valence-electron chi connectivity index (χ3n) is 3.78. The summed E-state index contributed by atoms with van der Waals surface area (Å²) in [7, 11) is 2.04. The molecule has 102 valence electrons. The van der Waals surface area contributed by atoms with Crippen molar-refractivity contribution < 1.29 is 0 Å². The minimum atomic E-state index is 0.474. The maximum absolute atomic E-state index is 8.81. The van der Waals surface area contributed by atoms with Gasteiger partial charge in [-0.1, -0.05) is 6.07 Å². The molecule has 1 unspecified atom stereocenters. The van der Waals surface area contributed by atoms with Crippen molar-refractivity contribution in [2.45, 2.75) is 25.8 Å². The number of anilines is 1. The molecule has 1 aromatic carbocycles. The van der Waals surface area contributed by atoms with E-state index >= 15 is 0 Å². The van der Waals surface area contributed by atoms with Gasteiger partial charge in [0.1, 0.15) is 0 Å². The Morgan fingerprint density at radius 2 is 2.32 bits per heavy atom. The predicted molar refractivity (Wildman–Crippen MR) is 82.4 cm³/mol. The van der Waals surface area contributed by atoms with Gasteiger partial charge in [0.05, 0.1) is 18.3 Å². The molecule has 0 saturated carbocycles. The van der Waals surface area contributed by atoms with Crippen molar-refractivity contribution in [3.63, 3.8) is 0 Å². The number of aryl methyl sites for hydroxylation is 1. The summed E-state index contributed by atoms with van der Waals surface area (Å²) in [5.41, 5.74) is 2.53. The zero-order valence-electron chi connectivity index (χ0n) is 11.6. The monoisotopic (exact) mass is 321 g/mol. The van der Waals surface area contributed by atoms with E-state index in [0.29, 0.717) is 12.6 Å². The number of hydrogen-bond acceptors (Lipinski definition) is 3. The van der Waals surface area contributed by atoms with Crippen LogP contribution in [0.4, 0.5) is 5.69 Å². The Morgan fingerprint density at radius 3 is 3.00 bits per heavy atom. The van der Waals surface area contributed by atoms with Crippen LogP contribution in [0.3, 0.4) is 0 Å². The van der Waals surface area contributed by atoms with E-state index in [9.17, 15) is 0 Å². The highest BCUT2D eigenvalue weighted by molar-refractivity contribution is 9.10. The average molecular weight is 322 g/mol. The van der Waals surface area contributed by atoms with E-state index in [4.69, 9.17) is 5.26 Å². The summed E-state index contributed by atoms with van der Waals surface area (Å²) >= 11 is 3.66. The maximum atomic E-state index is 8.81. The number of rotatable bonds is 3. The summed E-state index contributed by atoms with van der Waals surface area (Å²) in [6.45, 7) is 4.71. The Bertz CT molecular complexity index is 481. The summed E-state index contributed by atoms with van der Waals surface area (Å²) in [4.78, 5) is 4.58. The van der Waals surface area contributed by atoms with E-state index in [1.54, 1.807) is 0 Å². The summed E-state index contributed by atoms with van der Waals surface area (Å²) in [6.07, 6.45) is 2.36. The van der Waals surface area contributed by atoms with Gasteiger partial charge < -0.3 is 4.90 Å². The molecule has 2 rings (SSSR count). The van der Waals surface area contributed by atoms with E-state index in [-0.39, 0.29) is 0 Å². The molecule has 1 heterocycles. The highest BCUT2D eigenvalue weighted by Crippen LogP contribution is 2.30. The maximum Gasteiger partial charge on any atom is 0.0866 e. The van der Waals surface area contributed by atoms with Gasteiger partial charge in [-0.3, -0.25) is 4.90 Å². The van der Waals surface area contributed by atoms with Gasteiger partial charge in [0.25, 0.3) is 0 Å². The summed E-state index contributed by atoms with van der Waals surface area (Å²) in [5, 5.41) is 8.81. The Kier molecular flexibility index (Phi) is 4.84. The summed E-state index contributed by atoms with van der Waals surface area (Å²) in [5.74, 6) is 0. The molecule has 0 bridgehead atoms. The van der Waals surface area contributed by atoms with Gasteiger partial charge in [-0.15, -0.1) is 0 Å². The molecule has 1 aliphatic heterocycles. The van der Waals surface area contributed by atoms with E-state index < -0.39 is 0 Å². The van der Waals surface area contributed by atoms with Gasteiger partial charge in [-0.25, -0.2) is 0 Å². The van der Waals surface area contributed by atoms with Crippen LogP contribution in [-0.4, -0.2) is 37.6 Å². The molecule has 1 saturated heterocycles. The lowest BCUT2D eigenvalue weighted by Gasteiger charge is -2.38. The second kappa shape index (κ2) is 6.40. The highest BCUT2D eigenvalue weighted by atomic mass is 79.9. The van der Waals surface area contributed by atoms with Gasteiger partial charge in [0.15, 0.2) is 0 Å². The van der Waals surface area contributed by atoms with E-state index in [2.05, 4.69) is 56.9 Å². The van der Waals surface area contributed by atoms with Crippen LogP contribution in [0.2, 0.25) is 0 Å². The van der Waals surface area contributed by atoms with Crippen LogP contribution in [0.1, 0.15) is 18.4 Å². The zero-order valence-corrected chi connectivity index (χ0v) is 13.2. The Hall–Kier alpha value is -1.05. The molecule has 0 N–H and O–H groups in total. The van der Waals surface area contributed by atoms with Gasteiger partial charge in [-0.2, -0.15) is 5.26 Å². The minimum absolute atomic E-state index is 0.474. The Labute approximate surface area is 123 Å². The highest BCUT2D eigenvalue weighted by Gasteiger charge is 2.24. The molecule has 0 spiro atoms. The van der Waals surface area contributed by atoms with Crippen LogP contribution in [-0.2, 0) is 0 Å². The van der Waals surface area contributed by atoms with Gasteiger partial charge in [-0.05, 0) is 60.4 Å². The van der Waals surface area contributed by atoms with Crippen molar-refractivity contribution in [2.24, 2.45) is 0 Å². The first-order chi connectivity index (χ1) is 9.11. The van der Waals surface area contributed by atoms with Crippen molar-refractivity contribution in [3.8, 4) is 6.07 Å². The first-order valence-electron chi connectivity index (χ1n) is 6.70. The smallest absolute Gasteiger partial charge is 0.0866 e. The fourth-order valence-corrected chi connectivity index (χ4v) is 3.39. The number of hydrogen-bond donors (Lipinski definition) is 0. The average Bonchev–Trinajstić information content (AvgIpc) is 2.39. The lowest BCUT2D eigenvalue weighted by Crippen LogP contribution is -2.46. The van der Waals surface area contributed by atoms with E-state index in [0.717, 1.165) is 17.6 Å². The third kappa shape index (κ3) is 3.49. The lowest BCUT2D eigenvalue weighted by molar-refractivity contribution is 0.238. The lowest BCUT2D eigenvalue weighted by atomic mass is 10.0. The van der Waals surface area contributed by atoms with Gasteiger partial charge >= 0.3 is 0 Å². The van der Waals surface area contributed by atoms with E-state index in [1.165, 1.54) is 24.1 Å². The first-order valence-corrected chi connectivity index (χ1v) is 7.49. The fraction of sp³-hybridized carbons (Fsp3) is 0.533. The standard InChI is InChI=1S/C15H20BrN3/c1-12-5-6-15(14(16)10-12)19-8-3-4-13(11-19)18(2)9-7-17/h5-6,10,13H,3-4,8-9,11H2,1-2H3. The molecule has 1 aromatic rings. The number of likely N-dealkylation sites (N-methyl/N-ethyl adjacent to an activating group) is 1. The molecule has 0 aliphatic carbocycles. The Balaban J connectivity index is 2.11. The van der Waals surface area contributed by atoms with Crippen LogP contribution < -0.4 is 4.90 Å². The van der Waals surface area contributed by atoms with Crippen LogP contribution in [0.15, 0.2) is 22.7 Å². The molecule has 0 amide bonds. The number of nitriles is 1. The van der Waals surface area contributed by atoms with Crippen molar-refractivity contribution in [1.29, 1.82) is 5.26 Å². The van der Waals surface area contributed by atoms with Gasteiger partial charge in [0.2, 0.25) is 0 Å². The summed E-state index contributed by atoms with van der Waals surface area (Å²) < 4.78 is 1.16. The summed E-state index contributed by atoms with van der Waals surface area (Å²) in [6, 6.07) is 9.22. The molecule has 1 atom stereocenters. The number of piperidine rings is 1. The molecule has 4 heteroatoms. The molecule has 19 heavy (non-hydrogen) atoms. The largest absolute Gasteiger partial charge is 0.369 e. The normalized spacial score (nSPS) is 19.5. The second-order valence-electron chi connectivity index (χ2n) is 5.27. The topological polar surface area (TPSA) is 30.3 Å². The van der Waals surface area contributed by atoms with Crippen LogP contribution in [0.5, 0.6) is 0 Å².